The molecule has 0 saturated carbocycles. The van der Waals surface area contributed by atoms with Crippen molar-refractivity contribution in [3.8, 4) is 11.6 Å². The van der Waals surface area contributed by atoms with Crippen molar-refractivity contribution >= 4 is 37.3 Å². The van der Waals surface area contributed by atoms with Crippen LogP contribution in [-0.2, 0) is 18.5 Å². The molecule has 0 aliphatic rings. The Labute approximate surface area is 186 Å². The van der Waals surface area contributed by atoms with Crippen LogP contribution < -0.4 is 15.8 Å². The highest BCUT2D eigenvalue weighted by molar-refractivity contribution is 6.55. The molecule has 4 rings (SSSR count). The number of rotatable bonds is 9. The molecule has 0 unspecified atom stereocenters. The maximum atomic E-state index is 15.0. The van der Waals surface area contributed by atoms with Gasteiger partial charge in [-0.3, -0.25) is 4.68 Å². The zero-order valence-corrected chi connectivity index (χ0v) is 19.2. The number of nitrogens with zero attached hydrogens (tertiary/aromatic N) is 5. The highest BCUT2D eigenvalue weighted by atomic mass is 28.3. The molecule has 0 saturated heterocycles. The van der Waals surface area contributed by atoms with Crippen LogP contribution in [0.2, 0.25) is 19.1 Å². The molecule has 3 aromatic heterocycles. The van der Waals surface area contributed by atoms with E-state index in [1.54, 1.807) is 52.8 Å². The van der Waals surface area contributed by atoms with Crippen molar-refractivity contribution in [3.05, 3.63) is 48.5 Å². The van der Waals surface area contributed by atoms with Gasteiger partial charge in [0.25, 0.3) is 0 Å². The van der Waals surface area contributed by atoms with Crippen molar-refractivity contribution < 1.29 is 13.9 Å². The molecule has 0 spiro atoms. The Balaban J connectivity index is 1.71. The van der Waals surface area contributed by atoms with E-state index in [-0.39, 0.29) is 23.9 Å². The number of anilines is 3. The molecule has 3 N–H and O–H groups in total. The van der Waals surface area contributed by atoms with Crippen LogP contribution in [0, 0.1) is 5.82 Å². The third kappa shape index (κ3) is 5.06. The normalized spacial score (nSPS) is 11.4. The maximum Gasteiger partial charge on any atom is 0.236 e. The SMILES string of the molecule is Cn1ccc(Nc2nc(Oc3cccc(N)c3)c3c(F)cn(COCC[Si](C)C)c3n2)n1. The van der Waals surface area contributed by atoms with E-state index in [2.05, 4.69) is 33.5 Å². The first-order valence-electron chi connectivity index (χ1n) is 10.1. The zero-order chi connectivity index (χ0) is 22.7. The number of nitrogen functional groups attached to an aromatic ring is 1. The molecule has 0 atom stereocenters. The Hall–Kier alpha value is -3.44. The molecule has 0 fully saturated rings. The number of benzene rings is 1. The second-order valence-corrected chi connectivity index (χ2v) is 10.6. The predicted molar refractivity (Wildman–Crippen MR) is 123 cm³/mol. The molecule has 4 aromatic rings. The van der Waals surface area contributed by atoms with E-state index >= 15 is 0 Å². The van der Waals surface area contributed by atoms with E-state index in [0.29, 0.717) is 29.5 Å². The molecule has 167 valence electrons. The molecule has 32 heavy (non-hydrogen) atoms. The maximum absolute atomic E-state index is 15.0. The summed E-state index contributed by atoms with van der Waals surface area (Å²) in [6, 6.07) is 9.66. The first-order valence-corrected chi connectivity index (χ1v) is 12.8. The third-order valence-electron chi connectivity index (χ3n) is 4.64. The van der Waals surface area contributed by atoms with Gasteiger partial charge in [-0.05, 0) is 18.2 Å². The molecule has 0 aliphatic heterocycles. The standard InChI is InChI=1S/C21H25FN7O2Si/c1-28-8-7-17(27-28)24-21-25-19-18(16(22)12-29(19)13-30-9-10-32(2)3)20(26-21)31-15-6-4-5-14(23)11-15/h4-8,11-12H,9-10,13,23H2,1-3H3,(H,24,25,26,27). The summed E-state index contributed by atoms with van der Waals surface area (Å²) in [5.74, 6) is 0.794. The summed E-state index contributed by atoms with van der Waals surface area (Å²) in [6.07, 6.45) is 3.14. The lowest BCUT2D eigenvalue weighted by Crippen LogP contribution is -2.09. The minimum absolute atomic E-state index is 0.0721. The topological polar surface area (TPSA) is 105 Å². The molecule has 9 nitrogen and oxygen atoms in total. The Morgan fingerprint density at radius 1 is 1.22 bits per heavy atom. The number of halogens is 1. The monoisotopic (exact) mass is 454 g/mol. The van der Waals surface area contributed by atoms with Crippen LogP contribution in [0.25, 0.3) is 11.0 Å². The van der Waals surface area contributed by atoms with Gasteiger partial charge < -0.3 is 25.1 Å². The molecular weight excluding hydrogens is 429 g/mol. The minimum atomic E-state index is -0.498. The van der Waals surface area contributed by atoms with Crippen LogP contribution >= 0.6 is 0 Å². The fraction of sp³-hybridized carbons (Fsp3) is 0.286. The molecule has 0 bridgehead atoms. The lowest BCUT2D eigenvalue weighted by Gasteiger charge is -2.11. The number of ether oxygens (including phenoxy) is 2. The lowest BCUT2D eigenvalue weighted by molar-refractivity contribution is 0.0899. The molecule has 3 heterocycles. The van der Waals surface area contributed by atoms with Gasteiger partial charge in [-0.15, -0.1) is 0 Å². The Morgan fingerprint density at radius 3 is 2.78 bits per heavy atom. The predicted octanol–water partition coefficient (Wildman–Crippen LogP) is 4.15. The van der Waals surface area contributed by atoms with Gasteiger partial charge in [-0.25, -0.2) is 4.39 Å². The summed E-state index contributed by atoms with van der Waals surface area (Å²) in [5.41, 5.74) is 6.74. The van der Waals surface area contributed by atoms with E-state index in [4.69, 9.17) is 15.2 Å². The van der Waals surface area contributed by atoms with Crippen molar-refractivity contribution in [2.24, 2.45) is 7.05 Å². The van der Waals surface area contributed by atoms with E-state index in [0.717, 1.165) is 6.04 Å². The quantitative estimate of drug-likeness (QED) is 0.222. The summed E-state index contributed by atoms with van der Waals surface area (Å²) >= 11 is 0. The summed E-state index contributed by atoms with van der Waals surface area (Å²) in [5, 5.41) is 7.49. The smallest absolute Gasteiger partial charge is 0.236 e. The van der Waals surface area contributed by atoms with Crippen LogP contribution in [-0.4, -0.2) is 39.7 Å². The van der Waals surface area contributed by atoms with Crippen LogP contribution in [0.5, 0.6) is 11.6 Å². The molecule has 1 radical (unpaired) electrons. The molecule has 11 heteroatoms. The number of fused-ring (bicyclic) bond motifs is 1. The largest absolute Gasteiger partial charge is 0.438 e. The zero-order valence-electron chi connectivity index (χ0n) is 18.2. The number of nitrogens with one attached hydrogen (secondary N) is 1. The van der Waals surface area contributed by atoms with Gasteiger partial charge >= 0.3 is 0 Å². The number of hydrogen-bond donors (Lipinski definition) is 2. The Kier molecular flexibility index (Phi) is 6.37. The van der Waals surface area contributed by atoms with Crippen molar-refractivity contribution in [2.75, 3.05) is 17.7 Å². The van der Waals surface area contributed by atoms with Gasteiger partial charge in [-0.2, -0.15) is 15.1 Å². The molecular formula is C21H25FN7O2Si. The molecule has 1 aromatic carbocycles. The van der Waals surface area contributed by atoms with Gasteiger partial charge in [-0.1, -0.05) is 19.2 Å². The first kappa shape index (κ1) is 21.8. The average Bonchev–Trinajstić information content (AvgIpc) is 3.28. The fourth-order valence-corrected chi connectivity index (χ4v) is 3.61. The van der Waals surface area contributed by atoms with E-state index in [9.17, 15) is 4.39 Å². The van der Waals surface area contributed by atoms with Gasteiger partial charge in [0.1, 0.15) is 17.9 Å². The van der Waals surface area contributed by atoms with Gasteiger partial charge in [0.2, 0.25) is 11.8 Å². The van der Waals surface area contributed by atoms with Crippen LogP contribution in [0.3, 0.4) is 0 Å². The Morgan fingerprint density at radius 2 is 2.06 bits per heavy atom. The average molecular weight is 455 g/mol. The van der Waals surface area contributed by atoms with Crippen molar-refractivity contribution in [3.63, 3.8) is 0 Å². The number of hydrogen-bond acceptors (Lipinski definition) is 7. The molecule has 0 amide bonds. The minimum Gasteiger partial charge on any atom is -0.438 e. The lowest BCUT2D eigenvalue weighted by atomic mass is 10.3. The second kappa shape index (κ2) is 9.36. The highest BCUT2D eigenvalue weighted by Crippen LogP contribution is 2.33. The second-order valence-electron chi connectivity index (χ2n) is 7.67. The van der Waals surface area contributed by atoms with Crippen molar-refractivity contribution in [1.29, 1.82) is 0 Å². The van der Waals surface area contributed by atoms with Gasteiger partial charge in [0.05, 0.1) is 0 Å². The van der Waals surface area contributed by atoms with Gasteiger partial charge in [0, 0.05) is 52.7 Å². The summed E-state index contributed by atoms with van der Waals surface area (Å²) in [7, 11) is 1.41. The fourth-order valence-electron chi connectivity index (χ4n) is 3.06. The summed E-state index contributed by atoms with van der Waals surface area (Å²) in [4.78, 5) is 8.91. The highest BCUT2D eigenvalue weighted by Gasteiger charge is 2.20. The van der Waals surface area contributed by atoms with E-state index < -0.39 is 14.6 Å². The number of nitrogens with two attached hydrogens (primary N) is 1. The summed E-state index contributed by atoms with van der Waals surface area (Å²) < 4.78 is 29.9. The number of aromatic nitrogens is 5. The van der Waals surface area contributed by atoms with Crippen molar-refractivity contribution in [2.45, 2.75) is 25.9 Å². The molecule has 0 aliphatic carbocycles. The summed E-state index contributed by atoms with van der Waals surface area (Å²) in [6.45, 7) is 5.23. The van der Waals surface area contributed by atoms with Crippen molar-refractivity contribution in [1.82, 2.24) is 24.3 Å². The van der Waals surface area contributed by atoms with Crippen LogP contribution in [0.15, 0.2) is 42.7 Å². The van der Waals surface area contributed by atoms with E-state index in [1.165, 1.54) is 6.20 Å². The number of aryl methyl sites for hydroxylation is 1. The van der Waals surface area contributed by atoms with Crippen LogP contribution in [0.1, 0.15) is 0 Å². The van der Waals surface area contributed by atoms with Crippen LogP contribution in [0.4, 0.5) is 21.8 Å². The third-order valence-corrected chi connectivity index (χ3v) is 5.84. The Bertz CT molecular complexity index is 1220. The van der Waals surface area contributed by atoms with Gasteiger partial charge in [0.15, 0.2) is 17.3 Å². The van der Waals surface area contributed by atoms with E-state index in [1.807, 2.05) is 0 Å². The first-order chi connectivity index (χ1) is 15.4.